The van der Waals surface area contributed by atoms with Crippen LogP contribution >= 0.6 is 0 Å². The number of nitrogens with one attached hydrogen (secondary N) is 1. The molecule has 1 aliphatic rings. The van der Waals surface area contributed by atoms with Gasteiger partial charge in [-0.25, -0.2) is 15.0 Å². The van der Waals surface area contributed by atoms with Gasteiger partial charge in [0.05, 0.1) is 24.9 Å². The van der Waals surface area contributed by atoms with Crippen LogP contribution in [-0.4, -0.2) is 59.8 Å². The van der Waals surface area contributed by atoms with Crippen LogP contribution in [0.15, 0.2) is 29.4 Å². The molecule has 0 amide bonds. The lowest BCUT2D eigenvalue weighted by molar-refractivity contribution is -0.0511. The summed E-state index contributed by atoms with van der Waals surface area (Å²) in [5.41, 5.74) is 1.65. The summed E-state index contributed by atoms with van der Waals surface area (Å²) in [6.07, 6.45) is 0.194. The van der Waals surface area contributed by atoms with E-state index >= 15 is 0 Å². The number of furan rings is 1. The van der Waals surface area contributed by atoms with Crippen molar-refractivity contribution in [1.29, 1.82) is 0 Å². The third-order valence-electron chi connectivity index (χ3n) is 4.26. The lowest BCUT2D eigenvalue weighted by atomic mass is 10.1. The molecule has 3 aromatic rings. The highest BCUT2D eigenvalue weighted by atomic mass is 16.6. The molecule has 0 saturated carbocycles. The van der Waals surface area contributed by atoms with E-state index in [0.717, 1.165) is 5.69 Å². The van der Waals surface area contributed by atoms with Gasteiger partial charge in [0.2, 0.25) is 0 Å². The Kier molecular flexibility index (Phi) is 3.88. The van der Waals surface area contributed by atoms with E-state index < -0.39 is 31.1 Å². The molecule has 10 nitrogen and oxygen atoms in total. The maximum Gasteiger partial charge on any atom is 0.167 e. The maximum absolute atomic E-state index is 10.2. The van der Waals surface area contributed by atoms with E-state index in [9.17, 15) is 15.3 Å². The number of hydrogen-bond acceptors (Lipinski definition) is 9. The number of aliphatic hydroxyl groups is 3. The van der Waals surface area contributed by atoms with Crippen LogP contribution < -0.4 is 5.32 Å². The standard InChI is InChI=1S/C15H17N5O5/c1-7-8(2-3-24-7)19-13-10-14(17-5-16-13)20(6-18-10)15-12(23)11(22)9(4-21)25-15/h2-3,5-6,9,11-12,15,21-23H,4H2,1H3,(H,16,17,19)/t9-,11-,12-,15-/m1/s1. The average molecular weight is 347 g/mol. The Morgan fingerprint density at radius 2 is 2.08 bits per heavy atom. The highest BCUT2D eigenvalue weighted by molar-refractivity contribution is 5.85. The first-order valence-electron chi connectivity index (χ1n) is 7.71. The fraction of sp³-hybridized carbons (Fsp3) is 0.400. The van der Waals surface area contributed by atoms with E-state index in [4.69, 9.17) is 9.15 Å². The topological polar surface area (TPSA) is 139 Å². The van der Waals surface area contributed by atoms with Crippen LogP contribution in [0.2, 0.25) is 0 Å². The lowest BCUT2D eigenvalue weighted by Gasteiger charge is -2.16. The van der Waals surface area contributed by atoms with Crippen molar-refractivity contribution in [3.63, 3.8) is 0 Å². The highest BCUT2D eigenvalue weighted by Gasteiger charge is 2.44. The second-order valence-corrected chi connectivity index (χ2v) is 5.79. The Morgan fingerprint density at radius 1 is 1.24 bits per heavy atom. The molecule has 0 bridgehead atoms. The summed E-state index contributed by atoms with van der Waals surface area (Å²) in [6, 6.07) is 1.77. The molecule has 1 saturated heterocycles. The predicted octanol–water partition coefficient (Wildman–Crippen LogP) is 0.0828. The van der Waals surface area contributed by atoms with Crippen molar-refractivity contribution in [2.45, 2.75) is 31.5 Å². The van der Waals surface area contributed by atoms with Crippen LogP contribution in [0.3, 0.4) is 0 Å². The number of aliphatic hydroxyl groups excluding tert-OH is 3. The van der Waals surface area contributed by atoms with E-state index in [1.54, 1.807) is 12.3 Å². The van der Waals surface area contributed by atoms with Gasteiger partial charge in [-0.05, 0) is 6.92 Å². The van der Waals surface area contributed by atoms with Crippen LogP contribution in [-0.2, 0) is 4.74 Å². The molecule has 132 valence electrons. The molecular weight excluding hydrogens is 330 g/mol. The summed E-state index contributed by atoms with van der Waals surface area (Å²) in [7, 11) is 0. The smallest absolute Gasteiger partial charge is 0.167 e. The normalized spacial score (nSPS) is 26.4. The van der Waals surface area contributed by atoms with Gasteiger partial charge in [0.1, 0.15) is 30.4 Å². The molecule has 3 aromatic heterocycles. The number of ether oxygens (including phenoxy) is 1. The number of rotatable bonds is 4. The average Bonchev–Trinajstić information content (AvgIpc) is 3.29. The molecule has 4 N–H and O–H groups in total. The van der Waals surface area contributed by atoms with Crippen LogP contribution in [0.4, 0.5) is 11.5 Å². The van der Waals surface area contributed by atoms with Gasteiger partial charge >= 0.3 is 0 Å². The van der Waals surface area contributed by atoms with Gasteiger partial charge in [-0.15, -0.1) is 0 Å². The number of aryl methyl sites for hydroxylation is 1. The van der Waals surface area contributed by atoms with Crippen LogP contribution in [0.1, 0.15) is 12.0 Å². The first-order chi connectivity index (χ1) is 12.1. The quantitative estimate of drug-likeness (QED) is 0.517. The monoisotopic (exact) mass is 347 g/mol. The van der Waals surface area contributed by atoms with Crippen LogP contribution in [0, 0.1) is 6.92 Å². The Balaban J connectivity index is 1.71. The van der Waals surface area contributed by atoms with Gasteiger partial charge in [-0.2, -0.15) is 0 Å². The summed E-state index contributed by atoms with van der Waals surface area (Å²) in [5, 5.41) is 32.5. The predicted molar refractivity (Wildman–Crippen MR) is 85.1 cm³/mol. The largest absolute Gasteiger partial charge is 0.467 e. The zero-order valence-corrected chi connectivity index (χ0v) is 13.3. The van der Waals surface area contributed by atoms with Gasteiger partial charge in [0.25, 0.3) is 0 Å². The summed E-state index contributed by atoms with van der Waals surface area (Å²) < 4.78 is 12.3. The number of imidazole rings is 1. The van der Waals surface area contributed by atoms with E-state index in [0.29, 0.717) is 22.7 Å². The summed E-state index contributed by atoms with van der Waals surface area (Å²) in [5.74, 6) is 1.18. The molecular formula is C15H17N5O5. The molecule has 0 radical (unpaired) electrons. The minimum absolute atomic E-state index is 0.400. The fourth-order valence-electron chi connectivity index (χ4n) is 2.88. The van der Waals surface area contributed by atoms with Crippen molar-refractivity contribution < 1.29 is 24.5 Å². The van der Waals surface area contributed by atoms with Crippen molar-refractivity contribution in [2.75, 3.05) is 11.9 Å². The number of aromatic nitrogens is 4. The van der Waals surface area contributed by atoms with Crippen molar-refractivity contribution in [1.82, 2.24) is 19.5 Å². The molecule has 25 heavy (non-hydrogen) atoms. The summed E-state index contributed by atoms with van der Waals surface area (Å²) >= 11 is 0. The maximum atomic E-state index is 10.2. The third-order valence-corrected chi connectivity index (χ3v) is 4.26. The molecule has 0 spiro atoms. The molecule has 10 heteroatoms. The minimum Gasteiger partial charge on any atom is -0.467 e. The van der Waals surface area contributed by atoms with Crippen LogP contribution in [0.5, 0.6) is 0 Å². The molecule has 0 aliphatic carbocycles. The molecule has 4 atom stereocenters. The van der Waals surface area contributed by atoms with E-state index in [1.807, 2.05) is 6.92 Å². The molecule has 4 rings (SSSR count). The van der Waals surface area contributed by atoms with Crippen molar-refractivity contribution in [3.8, 4) is 0 Å². The van der Waals surface area contributed by atoms with Gasteiger partial charge in [0.15, 0.2) is 23.2 Å². The number of nitrogens with zero attached hydrogens (tertiary/aromatic N) is 4. The zero-order valence-electron chi connectivity index (χ0n) is 13.3. The van der Waals surface area contributed by atoms with Gasteiger partial charge in [-0.1, -0.05) is 0 Å². The molecule has 0 unspecified atom stereocenters. The second-order valence-electron chi connectivity index (χ2n) is 5.79. The lowest BCUT2D eigenvalue weighted by Crippen LogP contribution is -2.33. The number of fused-ring (bicyclic) bond motifs is 1. The van der Waals surface area contributed by atoms with Crippen molar-refractivity contribution in [3.05, 3.63) is 30.7 Å². The number of hydrogen-bond donors (Lipinski definition) is 4. The van der Waals surface area contributed by atoms with E-state index in [-0.39, 0.29) is 0 Å². The highest BCUT2D eigenvalue weighted by Crippen LogP contribution is 2.32. The summed E-state index contributed by atoms with van der Waals surface area (Å²) in [6.45, 7) is 1.42. The van der Waals surface area contributed by atoms with Crippen LogP contribution in [0.25, 0.3) is 11.2 Å². The Morgan fingerprint density at radius 3 is 2.76 bits per heavy atom. The van der Waals surface area contributed by atoms with E-state index in [1.165, 1.54) is 17.2 Å². The van der Waals surface area contributed by atoms with Gasteiger partial charge in [0, 0.05) is 6.07 Å². The van der Waals surface area contributed by atoms with Crippen molar-refractivity contribution >= 4 is 22.7 Å². The van der Waals surface area contributed by atoms with Gasteiger partial charge in [-0.3, -0.25) is 4.57 Å². The first-order valence-corrected chi connectivity index (χ1v) is 7.71. The summed E-state index contributed by atoms with van der Waals surface area (Å²) in [4.78, 5) is 12.7. The third kappa shape index (κ3) is 2.55. The Labute approximate surface area is 141 Å². The number of anilines is 2. The molecule has 1 fully saturated rings. The van der Waals surface area contributed by atoms with Crippen molar-refractivity contribution in [2.24, 2.45) is 0 Å². The van der Waals surface area contributed by atoms with E-state index in [2.05, 4.69) is 20.3 Å². The SMILES string of the molecule is Cc1occc1Nc1ncnc2c1ncn2[C@@H]1O[C@H](CO)[C@@H](O)[C@H]1O. The molecule has 1 aliphatic heterocycles. The Hall–Kier alpha value is -2.53. The zero-order chi connectivity index (χ0) is 17.6. The molecule has 4 heterocycles. The first kappa shape index (κ1) is 16.0. The second kappa shape index (κ2) is 6.08. The minimum atomic E-state index is -1.21. The molecule has 0 aromatic carbocycles. The van der Waals surface area contributed by atoms with Gasteiger partial charge < -0.3 is 29.8 Å². The fourth-order valence-corrected chi connectivity index (χ4v) is 2.88. The Bertz CT molecular complexity index is 893.